The van der Waals surface area contributed by atoms with Crippen molar-refractivity contribution in [2.24, 2.45) is 0 Å². The number of benzene rings is 2. The van der Waals surface area contributed by atoms with Crippen LogP contribution in [0.25, 0.3) is 0 Å². The number of aryl methyl sites for hydroxylation is 2. The van der Waals surface area contributed by atoms with E-state index in [-0.39, 0.29) is 11.7 Å². The lowest BCUT2D eigenvalue weighted by Crippen LogP contribution is -2.50. The second-order valence-corrected chi connectivity index (χ2v) is 15.5. The Kier molecular flexibility index (Phi) is 7.95. The van der Waals surface area contributed by atoms with Crippen LogP contribution in [0.2, 0.25) is 16.6 Å². The molecule has 2 aromatic rings. The van der Waals surface area contributed by atoms with Gasteiger partial charge in [0.1, 0.15) is 11.6 Å². The molecule has 0 amide bonds. The van der Waals surface area contributed by atoms with Crippen LogP contribution in [0.3, 0.4) is 0 Å². The molecule has 0 saturated heterocycles. The number of rotatable bonds is 8. The average molecular weight is 429 g/mol. The quantitative estimate of drug-likeness (QED) is 0.382. The third-order valence-corrected chi connectivity index (χ3v) is 12.7. The van der Waals surface area contributed by atoms with Gasteiger partial charge in [-0.15, -0.1) is 0 Å². The van der Waals surface area contributed by atoms with E-state index in [1.165, 1.54) is 16.7 Å². The van der Waals surface area contributed by atoms with Gasteiger partial charge in [-0.05, 0) is 88.8 Å². The standard InChI is InChI=1S/C27H41FOSi/c1-17(2)25-15-23(11-12-27(25)28)16-26-21(9)13-24(14-22(26)10)29-30(18(3)4,19(5)6)20(7)8/h11-15,17-20H,16H2,1-10H3. The van der Waals surface area contributed by atoms with Crippen LogP contribution in [-0.4, -0.2) is 8.32 Å². The Hall–Kier alpha value is -1.61. The molecule has 0 aliphatic carbocycles. The molecule has 0 aromatic heterocycles. The fraction of sp³-hybridized carbons (Fsp3) is 0.556. The molecule has 1 nitrogen and oxygen atoms in total. The zero-order valence-electron chi connectivity index (χ0n) is 20.7. The molecule has 0 atom stereocenters. The summed E-state index contributed by atoms with van der Waals surface area (Å²) < 4.78 is 21.0. The molecule has 0 heterocycles. The third-order valence-electron chi connectivity index (χ3n) is 6.73. The molecule has 0 saturated carbocycles. The molecule has 2 aromatic carbocycles. The summed E-state index contributed by atoms with van der Waals surface area (Å²) in [5, 5.41) is 0. The van der Waals surface area contributed by atoms with E-state index in [0.717, 1.165) is 23.3 Å². The zero-order valence-corrected chi connectivity index (χ0v) is 21.7. The summed E-state index contributed by atoms with van der Waals surface area (Å²) >= 11 is 0. The highest BCUT2D eigenvalue weighted by atomic mass is 28.4. The third kappa shape index (κ3) is 4.99. The minimum Gasteiger partial charge on any atom is -0.543 e. The van der Waals surface area contributed by atoms with Gasteiger partial charge < -0.3 is 4.43 Å². The van der Waals surface area contributed by atoms with Gasteiger partial charge in [0.15, 0.2) is 0 Å². The molecule has 0 fully saturated rings. The highest BCUT2D eigenvalue weighted by Crippen LogP contribution is 2.43. The first-order valence-electron chi connectivity index (χ1n) is 11.5. The topological polar surface area (TPSA) is 9.23 Å². The van der Waals surface area contributed by atoms with E-state index < -0.39 is 8.32 Å². The molecule has 0 aliphatic heterocycles. The summed E-state index contributed by atoms with van der Waals surface area (Å²) in [6.07, 6.45) is 0.819. The lowest BCUT2D eigenvalue weighted by atomic mass is 9.93. The van der Waals surface area contributed by atoms with Crippen LogP contribution in [0.4, 0.5) is 4.39 Å². The van der Waals surface area contributed by atoms with Crippen molar-refractivity contribution in [1.29, 1.82) is 0 Å². The van der Waals surface area contributed by atoms with Crippen LogP contribution in [-0.2, 0) is 6.42 Å². The van der Waals surface area contributed by atoms with Crippen molar-refractivity contribution in [2.45, 2.75) is 98.2 Å². The first-order valence-corrected chi connectivity index (χ1v) is 13.6. The Morgan fingerprint density at radius 3 is 1.73 bits per heavy atom. The van der Waals surface area contributed by atoms with Crippen LogP contribution in [0.1, 0.15) is 89.1 Å². The van der Waals surface area contributed by atoms with Gasteiger partial charge in [-0.1, -0.05) is 67.5 Å². The van der Waals surface area contributed by atoms with Gasteiger partial charge in [0.2, 0.25) is 0 Å². The average Bonchev–Trinajstić information content (AvgIpc) is 2.62. The number of hydrogen-bond donors (Lipinski definition) is 0. The van der Waals surface area contributed by atoms with Crippen LogP contribution in [0.5, 0.6) is 5.75 Å². The van der Waals surface area contributed by atoms with Crippen molar-refractivity contribution in [3.8, 4) is 5.75 Å². The van der Waals surface area contributed by atoms with Crippen molar-refractivity contribution in [1.82, 2.24) is 0 Å². The van der Waals surface area contributed by atoms with E-state index in [0.29, 0.717) is 16.6 Å². The molecular formula is C27H41FOSi. The van der Waals surface area contributed by atoms with Gasteiger partial charge in [0, 0.05) is 0 Å². The Bertz CT molecular complexity index is 822. The van der Waals surface area contributed by atoms with E-state index in [2.05, 4.69) is 67.5 Å². The molecule has 30 heavy (non-hydrogen) atoms. The molecular weight excluding hydrogens is 387 g/mol. The van der Waals surface area contributed by atoms with Gasteiger partial charge in [0.05, 0.1) is 0 Å². The first kappa shape index (κ1) is 24.7. The molecule has 0 spiro atoms. The second-order valence-electron chi connectivity index (χ2n) is 10.1. The maximum atomic E-state index is 14.1. The Morgan fingerprint density at radius 1 is 0.800 bits per heavy atom. The van der Waals surface area contributed by atoms with E-state index >= 15 is 0 Å². The van der Waals surface area contributed by atoms with E-state index in [1.807, 2.05) is 26.0 Å². The molecule has 3 heteroatoms. The zero-order chi connectivity index (χ0) is 22.8. The summed E-state index contributed by atoms with van der Waals surface area (Å²) in [5.74, 6) is 1.09. The highest BCUT2D eigenvalue weighted by molar-refractivity contribution is 6.78. The molecule has 0 radical (unpaired) electrons. The Labute approximate surface area is 185 Å². The van der Waals surface area contributed by atoms with Crippen LogP contribution >= 0.6 is 0 Å². The summed E-state index contributed by atoms with van der Waals surface area (Å²) in [7, 11) is -1.97. The lowest BCUT2D eigenvalue weighted by Gasteiger charge is -2.42. The van der Waals surface area contributed by atoms with E-state index in [1.54, 1.807) is 6.07 Å². The molecule has 0 bridgehead atoms. The van der Waals surface area contributed by atoms with Crippen molar-refractivity contribution < 1.29 is 8.82 Å². The van der Waals surface area contributed by atoms with Crippen molar-refractivity contribution in [3.05, 3.63) is 64.0 Å². The van der Waals surface area contributed by atoms with Crippen molar-refractivity contribution in [3.63, 3.8) is 0 Å². The monoisotopic (exact) mass is 428 g/mol. The SMILES string of the molecule is Cc1cc(O[Si](C(C)C)(C(C)C)C(C)C)cc(C)c1Cc1ccc(F)c(C(C)C)c1. The maximum absolute atomic E-state index is 14.1. The summed E-state index contributed by atoms with van der Waals surface area (Å²) in [6.45, 7) is 22.3. The molecule has 0 aliphatic rings. The minimum absolute atomic E-state index is 0.108. The van der Waals surface area contributed by atoms with Gasteiger partial charge in [-0.2, -0.15) is 0 Å². The molecule has 2 rings (SSSR count). The molecule has 0 N–H and O–H groups in total. The Balaban J connectivity index is 2.39. The number of halogens is 1. The fourth-order valence-corrected chi connectivity index (χ4v) is 10.4. The fourth-order valence-electron chi connectivity index (χ4n) is 5.20. The normalized spacial score (nSPS) is 12.5. The minimum atomic E-state index is -1.97. The maximum Gasteiger partial charge on any atom is 0.258 e. The summed E-state index contributed by atoms with van der Waals surface area (Å²) in [5.41, 5.74) is 7.41. The molecule has 0 unspecified atom stereocenters. The van der Waals surface area contributed by atoms with Crippen molar-refractivity contribution in [2.75, 3.05) is 0 Å². The van der Waals surface area contributed by atoms with Crippen LogP contribution in [0.15, 0.2) is 30.3 Å². The second kappa shape index (κ2) is 9.68. The van der Waals surface area contributed by atoms with Crippen molar-refractivity contribution >= 4 is 8.32 Å². The lowest BCUT2D eigenvalue weighted by molar-refractivity contribution is 0.479. The van der Waals surface area contributed by atoms with E-state index in [4.69, 9.17) is 4.43 Å². The summed E-state index contributed by atoms with van der Waals surface area (Å²) in [6, 6.07) is 9.98. The largest absolute Gasteiger partial charge is 0.543 e. The van der Waals surface area contributed by atoms with Gasteiger partial charge >= 0.3 is 0 Å². The van der Waals surface area contributed by atoms with Gasteiger partial charge in [0.25, 0.3) is 8.32 Å². The highest BCUT2D eigenvalue weighted by Gasteiger charge is 2.47. The predicted octanol–water partition coefficient (Wildman–Crippen LogP) is 8.71. The van der Waals surface area contributed by atoms with E-state index in [9.17, 15) is 4.39 Å². The van der Waals surface area contributed by atoms with Crippen LogP contribution in [0, 0.1) is 19.7 Å². The Morgan fingerprint density at radius 2 is 1.30 bits per heavy atom. The number of hydrogen-bond acceptors (Lipinski definition) is 1. The first-order chi connectivity index (χ1) is 13.9. The molecule has 166 valence electrons. The summed E-state index contributed by atoms with van der Waals surface area (Å²) in [4.78, 5) is 0. The predicted molar refractivity (Wildman–Crippen MR) is 131 cm³/mol. The van der Waals surface area contributed by atoms with Crippen LogP contribution < -0.4 is 4.43 Å². The smallest absolute Gasteiger partial charge is 0.258 e. The van der Waals surface area contributed by atoms with Gasteiger partial charge in [-0.25, -0.2) is 4.39 Å². The van der Waals surface area contributed by atoms with Gasteiger partial charge in [-0.3, -0.25) is 0 Å².